The molecule has 19 heavy (non-hydrogen) atoms. The number of nitrogens with one attached hydrogen (secondary N) is 2. The Morgan fingerprint density at radius 3 is 2.95 bits per heavy atom. The Bertz CT molecular complexity index is 565. The summed E-state index contributed by atoms with van der Waals surface area (Å²) in [6.07, 6.45) is 0.252. The van der Waals surface area contributed by atoms with E-state index in [4.69, 9.17) is 4.74 Å². The van der Waals surface area contributed by atoms with Crippen molar-refractivity contribution < 1.29 is 9.53 Å². The minimum atomic E-state index is -0.174. The molecule has 0 spiro atoms. The molecule has 0 saturated heterocycles. The Hall–Kier alpha value is -2.37. The number of nitrogens with zero attached hydrogens (tertiary/aromatic N) is 2. The zero-order chi connectivity index (χ0) is 13.7. The molecule has 2 rings (SSSR count). The van der Waals surface area contributed by atoms with Crippen molar-refractivity contribution in [3.8, 4) is 5.75 Å². The maximum atomic E-state index is 11.6. The number of amides is 1. The average Bonchev–Trinajstić information content (AvgIpc) is 2.75. The number of anilines is 1. The van der Waals surface area contributed by atoms with Crippen molar-refractivity contribution in [3.05, 3.63) is 35.7 Å². The molecule has 0 fully saturated rings. The summed E-state index contributed by atoms with van der Waals surface area (Å²) in [5.41, 5.74) is 1.12. The molecule has 0 aliphatic rings. The fourth-order valence-electron chi connectivity index (χ4n) is 1.55. The second-order valence-corrected chi connectivity index (χ2v) is 4.21. The Morgan fingerprint density at radius 2 is 2.26 bits per heavy atom. The van der Waals surface area contributed by atoms with Crippen molar-refractivity contribution in [2.45, 2.75) is 20.3 Å². The van der Waals surface area contributed by atoms with E-state index in [1.807, 2.05) is 31.2 Å². The van der Waals surface area contributed by atoms with Crippen LogP contribution in [0.1, 0.15) is 17.8 Å². The molecule has 2 N–H and O–H groups in total. The highest BCUT2D eigenvalue weighted by atomic mass is 16.5. The van der Waals surface area contributed by atoms with Crippen molar-refractivity contribution >= 4 is 11.9 Å². The molecule has 2 aromatic rings. The molecule has 0 bridgehead atoms. The SMILES string of the molecule is Cc1cccc(OCCC(=O)Nc2n[nH]c(C)n2)c1. The summed E-state index contributed by atoms with van der Waals surface area (Å²) in [7, 11) is 0. The van der Waals surface area contributed by atoms with Gasteiger partial charge in [0.25, 0.3) is 0 Å². The first-order chi connectivity index (χ1) is 9.13. The first kappa shape index (κ1) is 13.1. The fourth-order valence-corrected chi connectivity index (χ4v) is 1.55. The molecule has 0 radical (unpaired) electrons. The van der Waals surface area contributed by atoms with E-state index in [2.05, 4.69) is 20.5 Å². The van der Waals surface area contributed by atoms with Crippen LogP contribution in [0.3, 0.4) is 0 Å². The number of carbonyl (C=O) groups excluding carboxylic acids is 1. The van der Waals surface area contributed by atoms with Crippen molar-refractivity contribution in [1.29, 1.82) is 0 Å². The number of hydrogen-bond donors (Lipinski definition) is 2. The number of aromatic nitrogens is 3. The molecule has 100 valence electrons. The number of H-pyrrole nitrogens is 1. The molecule has 0 saturated carbocycles. The molecular formula is C13H16N4O2. The van der Waals surface area contributed by atoms with Gasteiger partial charge in [0, 0.05) is 0 Å². The van der Waals surface area contributed by atoms with Crippen LogP contribution in [-0.4, -0.2) is 27.7 Å². The Labute approximate surface area is 111 Å². The standard InChI is InChI=1S/C13H16N4O2/c1-9-4-3-5-11(8-9)19-7-6-12(18)15-13-14-10(2)16-17-13/h3-5,8H,6-7H2,1-2H3,(H2,14,15,16,17,18). The molecule has 0 aliphatic heterocycles. The third-order valence-corrected chi connectivity index (χ3v) is 2.44. The smallest absolute Gasteiger partial charge is 0.248 e. The van der Waals surface area contributed by atoms with Gasteiger partial charge in [-0.15, -0.1) is 5.10 Å². The van der Waals surface area contributed by atoms with Crippen molar-refractivity contribution in [1.82, 2.24) is 15.2 Å². The van der Waals surface area contributed by atoms with Gasteiger partial charge in [0.2, 0.25) is 11.9 Å². The summed E-state index contributed by atoms with van der Waals surface area (Å²) >= 11 is 0. The minimum Gasteiger partial charge on any atom is -0.493 e. The Balaban J connectivity index is 1.75. The van der Waals surface area contributed by atoms with Gasteiger partial charge in [-0.05, 0) is 31.5 Å². The lowest BCUT2D eigenvalue weighted by Crippen LogP contribution is -2.16. The molecule has 1 amide bonds. The van der Waals surface area contributed by atoms with E-state index in [9.17, 15) is 4.79 Å². The molecule has 6 nitrogen and oxygen atoms in total. The first-order valence-electron chi connectivity index (χ1n) is 6.02. The van der Waals surface area contributed by atoms with E-state index >= 15 is 0 Å². The molecular weight excluding hydrogens is 244 g/mol. The first-order valence-corrected chi connectivity index (χ1v) is 6.02. The summed E-state index contributed by atoms with van der Waals surface area (Å²) in [5.74, 6) is 1.54. The van der Waals surface area contributed by atoms with Gasteiger partial charge >= 0.3 is 0 Å². The predicted octanol–water partition coefficient (Wildman–Crippen LogP) is 1.83. The zero-order valence-corrected chi connectivity index (χ0v) is 10.9. The van der Waals surface area contributed by atoms with Crippen LogP contribution >= 0.6 is 0 Å². The van der Waals surface area contributed by atoms with Crippen molar-refractivity contribution in [2.75, 3.05) is 11.9 Å². The Morgan fingerprint density at radius 1 is 1.42 bits per heavy atom. The number of ether oxygens (including phenoxy) is 1. The zero-order valence-electron chi connectivity index (χ0n) is 10.9. The van der Waals surface area contributed by atoms with Crippen LogP contribution in [0.5, 0.6) is 5.75 Å². The van der Waals surface area contributed by atoms with Crippen LogP contribution < -0.4 is 10.1 Å². The number of rotatable bonds is 5. The van der Waals surface area contributed by atoms with Crippen LogP contribution in [0.4, 0.5) is 5.95 Å². The van der Waals surface area contributed by atoms with Gasteiger partial charge in [-0.2, -0.15) is 4.98 Å². The third kappa shape index (κ3) is 4.09. The van der Waals surface area contributed by atoms with Gasteiger partial charge < -0.3 is 4.74 Å². The predicted molar refractivity (Wildman–Crippen MR) is 71.0 cm³/mol. The van der Waals surface area contributed by atoms with E-state index in [0.717, 1.165) is 11.3 Å². The van der Waals surface area contributed by atoms with Gasteiger partial charge in [0.15, 0.2) is 0 Å². The van der Waals surface area contributed by atoms with E-state index < -0.39 is 0 Å². The van der Waals surface area contributed by atoms with Crippen LogP contribution in [0.15, 0.2) is 24.3 Å². The molecule has 1 heterocycles. The quantitative estimate of drug-likeness (QED) is 0.859. The van der Waals surface area contributed by atoms with Gasteiger partial charge in [0.05, 0.1) is 13.0 Å². The topological polar surface area (TPSA) is 79.9 Å². The van der Waals surface area contributed by atoms with Crippen LogP contribution in [0, 0.1) is 13.8 Å². The highest BCUT2D eigenvalue weighted by Gasteiger charge is 2.06. The van der Waals surface area contributed by atoms with Crippen LogP contribution in [-0.2, 0) is 4.79 Å². The molecule has 0 atom stereocenters. The van der Waals surface area contributed by atoms with E-state index in [1.165, 1.54) is 0 Å². The highest BCUT2D eigenvalue weighted by molar-refractivity contribution is 5.88. The van der Waals surface area contributed by atoms with E-state index in [0.29, 0.717) is 12.4 Å². The summed E-state index contributed by atoms with van der Waals surface area (Å²) in [6, 6.07) is 7.70. The lowest BCUT2D eigenvalue weighted by Gasteiger charge is -2.06. The van der Waals surface area contributed by atoms with E-state index in [1.54, 1.807) is 6.92 Å². The lowest BCUT2D eigenvalue weighted by molar-refractivity contribution is -0.116. The maximum Gasteiger partial charge on any atom is 0.248 e. The average molecular weight is 260 g/mol. The van der Waals surface area contributed by atoms with Gasteiger partial charge in [0.1, 0.15) is 11.6 Å². The molecule has 1 aromatic heterocycles. The summed E-state index contributed by atoms with van der Waals surface area (Å²) in [5, 5.41) is 9.07. The van der Waals surface area contributed by atoms with E-state index in [-0.39, 0.29) is 18.3 Å². The second kappa shape index (κ2) is 5.99. The normalized spacial score (nSPS) is 10.2. The number of aryl methyl sites for hydroxylation is 2. The van der Waals surface area contributed by atoms with Crippen LogP contribution in [0.2, 0.25) is 0 Å². The largest absolute Gasteiger partial charge is 0.493 e. The maximum absolute atomic E-state index is 11.6. The number of carbonyl (C=O) groups is 1. The minimum absolute atomic E-state index is 0.174. The van der Waals surface area contributed by atoms with Gasteiger partial charge in [-0.3, -0.25) is 15.2 Å². The van der Waals surface area contributed by atoms with Crippen LogP contribution in [0.25, 0.3) is 0 Å². The molecule has 0 aliphatic carbocycles. The summed E-state index contributed by atoms with van der Waals surface area (Å²) in [4.78, 5) is 15.6. The third-order valence-electron chi connectivity index (χ3n) is 2.44. The van der Waals surface area contributed by atoms with Crippen molar-refractivity contribution in [3.63, 3.8) is 0 Å². The monoisotopic (exact) mass is 260 g/mol. The number of hydrogen-bond acceptors (Lipinski definition) is 4. The summed E-state index contributed by atoms with van der Waals surface area (Å²) < 4.78 is 5.49. The summed E-state index contributed by atoms with van der Waals surface area (Å²) in [6.45, 7) is 4.08. The number of benzene rings is 1. The second-order valence-electron chi connectivity index (χ2n) is 4.21. The fraction of sp³-hybridized carbons (Fsp3) is 0.308. The molecule has 0 unspecified atom stereocenters. The van der Waals surface area contributed by atoms with Gasteiger partial charge in [-0.1, -0.05) is 12.1 Å². The molecule has 6 heteroatoms. The van der Waals surface area contributed by atoms with Gasteiger partial charge in [-0.25, -0.2) is 0 Å². The lowest BCUT2D eigenvalue weighted by atomic mass is 10.2. The molecule has 1 aromatic carbocycles. The van der Waals surface area contributed by atoms with Crippen molar-refractivity contribution in [2.24, 2.45) is 0 Å². The Kier molecular flexibility index (Phi) is 4.12. The number of aromatic amines is 1. The highest BCUT2D eigenvalue weighted by Crippen LogP contribution is 2.12.